The van der Waals surface area contributed by atoms with E-state index in [4.69, 9.17) is 27.9 Å². The van der Waals surface area contributed by atoms with E-state index in [2.05, 4.69) is 5.32 Å². The van der Waals surface area contributed by atoms with E-state index in [9.17, 15) is 9.59 Å². The molecule has 0 atom stereocenters. The number of pyridine rings is 1. The number of carbonyl (C=O) groups is 1. The number of anilines is 2. The van der Waals surface area contributed by atoms with Crippen LogP contribution >= 0.6 is 23.2 Å². The molecule has 0 fully saturated rings. The summed E-state index contributed by atoms with van der Waals surface area (Å²) in [7, 11) is 3.96. The van der Waals surface area contributed by atoms with Gasteiger partial charge in [-0.1, -0.05) is 41.4 Å². The van der Waals surface area contributed by atoms with Crippen LogP contribution in [0.2, 0.25) is 10.0 Å². The van der Waals surface area contributed by atoms with Crippen LogP contribution < -0.4 is 15.8 Å². The van der Waals surface area contributed by atoms with Crippen LogP contribution in [0, 0.1) is 0 Å². The van der Waals surface area contributed by atoms with Crippen molar-refractivity contribution in [2.24, 2.45) is 0 Å². The molecular formula is C27H31Cl2N3O3. The summed E-state index contributed by atoms with van der Waals surface area (Å²) in [6, 6.07) is 16.7. The molecule has 1 N–H and O–H groups in total. The highest BCUT2D eigenvalue weighted by Crippen LogP contribution is 2.22. The van der Waals surface area contributed by atoms with Gasteiger partial charge < -0.3 is 19.5 Å². The van der Waals surface area contributed by atoms with Crippen molar-refractivity contribution in [3.63, 3.8) is 0 Å². The minimum atomic E-state index is -0.555. The lowest BCUT2D eigenvalue weighted by Crippen LogP contribution is -2.26. The van der Waals surface area contributed by atoms with Crippen molar-refractivity contribution >= 4 is 40.5 Å². The van der Waals surface area contributed by atoms with Gasteiger partial charge in [-0.2, -0.15) is 0 Å². The van der Waals surface area contributed by atoms with Crippen LogP contribution in [0.3, 0.4) is 0 Å². The van der Waals surface area contributed by atoms with Crippen LogP contribution in [0.4, 0.5) is 11.4 Å². The van der Waals surface area contributed by atoms with Gasteiger partial charge in [-0.05, 0) is 69.2 Å². The van der Waals surface area contributed by atoms with Crippen LogP contribution in [0.5, 0.6) is 0 Å². The number of esters is 1. The van der Waals surface area contributed by atoms with Crippen molar-refractivity contribution in [2.45, 2.75) is 45.9 Å². The minimum absolute atomic E-state index is 0.0774. The Hall–Kier alpha value is -2.96. The second-order valence-electron chi connectivity index (χ2n) is 9.49. The molecule has 0 saturated carbocycles. The zero-order chi connectivity index (χ0) is 25.8. The zero-order valence-electron chi connectivity index (χ0n) is 20.7. The molecule has 35 heavy (non-hydrogen) atoms. The van der Waals surface area contributed by atoms with Gasteiger partial charge in [0.15, 0.2) is 0 Å². The van der Waals surface area contributed by atoms with Gasteiger partial charge >= 0.3 is 5.97 Å². The molecule has 3 aromatic rings. The van der Waals surface area contributed by atoms with E-state index in [0.717, 1.165) is 16.9 Å². The van der Waals surface area contributed by atoms with Crippen molar-refractivity contribution in [2.75, 3.05) is 24.3 Å². The fraction of sp³-hybridized carbons (Fsp3) is 0.333. The number of halogens is 2. The first-order chi connectivity index (χ1) is 16.4. The molecule has 0 amide bonds. The summed E-state index contributed by atoms with van der Waals surface area (Å²) in [4.78, 5) is 27.1. The first-order valence-electron chi connectivity index (χ1n) is 11.4. The predicted molar refractivity (Wildman–Crippen MR) is 144 cm³/mol. The van der Waals surface area contributed by atoms with Gasteiger partial charge in [0.25, 0.3) is 5.56 Å². The summed E-state index contributed by atoms with van der Waals surface area (Å²) in [6.07, 6.45) is 0.564. The maximum atomic E-state index is 12.9. The van der Waals surface area contributed by atoms with Crippen LogP contribution in [0.25, 0.3) is 0 Å². The summed E-state index contributed by atoms with van der Waals surface area (Å²) >= 11 is 12.7. The third kappa shape index (κ3) is 7.26. The zero-order valence-corrected chi connectivity index (χ0v) is 22.2. The number of ether oxygens (including phenoxy) is 1. The van der Waals surface area contributed by atoms with Gasteiger partial charge in [-0.3, -0.25) is 4.79 Å². The molecule has 2 aromatic carbocycles. The Balaban J connectivity index is 1.76. The number of nitrogens with zero attached hydrogens (tertiary/aromatic N) is 2. The second kappa shape index (κ2) is 11.2. The number of carbonyl (C=O) groups excluding carboxylic acids is 1. The molecule has 0 radical (unpaired) electrons. The third-order valence-electron chi connectivity index (χ3n) is 5.34. The standard InChI is InChI=1S/C27H31Cl2N3O3/c1-27(2,3)35-26(34)19-11-9-18(10-12-19)13-14-32-24(22(28)16-23(29)25(32)33)17-30-20-7-6-8-21(15-20)31(4)5/h6-12,15-16,30H,13-14,17H2,1-5H3. The first kappa shape index (κ1) is 26.6. The highest BCUT2D eigenvalue weighted by molar-refractivity contribution is 6.34. The van der Waals surface area contributed by atoms with Crippen molar-refractivity contribution in [1.82, 2.24) is 4.57 Å². The van der Waals surface area contributed by atoms with Crippen LogP contribution in [-0.4, -0.2) is 30.2 Å². The van der Waals surface area contributed by atoms with Gasteiger partial charge in [0.1, 0.15) is 10.6 Å². The lowest BCUT2D eigenvalue weighted by molar-refractivity contribution is 0.00695. The Morgan fingerprint density at radius 3 is 2.34 bits per heavy atom. The fourth-order valence-electron chi connectivity index (χ4n) is 3.52. The SMILES string of the molecule is CN(C)c1cccc(NCc2c(Cl)cc(Cl)c(=O)n2CCc2ccc(C(=O)OC(C)(C)C)cc2)c1. The Kier molecular flexibility index (Phi) is 8.51. The number of hydrogen-bond donors (Lipinski definition) is 1. The highest BCUT2D eigenvalue weighted by atomic mass is 35.5. The van der Waals surface area contributed by atoms with Crippen LogP contribution in [0.15, 0.2) is 59.4 Å². The van der Waals surface area contributed by atoms with Gasteiger partial charge in [0, 0.05) is 32.0 Å². The van der Waals surface area contributed by atoms with Crippen LogP contribution in [0.1, 0.15) is 42.4 Å². The normalized spacial score (nSPS) is 11.3. The molecule has 8 heteroatoms. The van der Waals surface area contributed by atoms with Crippen LogP contribution in [-0.2, 0) is 24.2 Å². The number of rotatable bonds is 8. The summed E-state index contributed by atoms with van der Waals surface area (Å²) in [5, 5.41) is 3.86. The van der Waals surface area contributed by atoms with E-state index >= 15 is 0 Å². The van der Waals surface area contributed by atoms with E-state index in [0.29, 0.717) is 35.8 Å². The van der Waals surface area contributed by atoms with Gasteiger partial charge in [0.2, 0.25) is 0 Å². The Morgan fingerprint density at radius 1 is 1.03 bits per heavy atom. The monoisotopic (exact) mass is 515 g/mol. The predicted octanol–water partition coefficient (Wildman–Crippen LogP) is 6.03. The van der Waals surface area contributed by atoms with E-state index in [1.165, 1.54) is 6.07 Å². The lowest BCUT2D eigenvalue weighted by Gasteiger charge is -2.19. The quantitative estimate of drug-likeness (QED) is 0.371. The average molecular weight is 516 g/mol. The molecule has 0 aliphatic carbocycles. The second-order valence-corrected chi connectivity index (χ2v) is 10.3. The molecular weight excluding hydrogens is 485 g/mol. The van der Waals surface area contributed by atoms with Crippen molar-refractivity contribution in [1.29, 1.82) is 0 Å². The Bertz CT molecular complexity index is 1250. The van der Waals surface area contributed by atoms with E-state index < -0.39 is 5.60 Å². The van der Waals surface area contributed by atoms with Crippen molar-refractivity contribution < 1.29 is 9.53 Å². The molecule has 0 spiro atoms. The van der Waals surface area contributed by atoms with Crippen molar-refractivity contribution in [3.05, 3.63) is 91.8 Å². The summed E-state index contributed by atoms with van der Waals surface area (Å²) < 4.78 is 7.02. The highest BCUT2D eigenvalue weighted by Gasteiger charge is 2.18. The van der Waals surface area contributed by atoms with E-state index in [1.807, 2.05) is 76.2 Å². The smallest absolute Gasteiger partial charge is 0.338 e. The molecule has 186 valence electrons. The van der Waals surface area contributed by atoms with Gasteiger partial charge in [-0.25, -0.2) is 4.79 Å². The van der Waals surface area contributed by atoms with E-state index in [-0.39, 0.29) is 16.6 Å². The van der Waals surface area contributed by atoms with Crippen molar-refractivity contribution in [3.8, 4) is 0 Å². The molecule has 0 saturated heterocycles. The molecule has 1 heterocycles. The number of aromatic nitrogens is 1. The Morgan fingerprint density at radius 2 is 1.71 bits per heavy atom. The van der Waals surface area contributed by atoms with Gasteiger partial charge in [0.05, 0.1) is 22.8 Å². The average Bonchev–Trinajstić information content (AvgIpc) is 2.79. The van der Waals surface area contributed by atoms with Gasteiger partial charge in [-0.15, -0.1) is 0 Å². The van der Waals surface area contributed by atoms with E-state index in [1.54, 1.807) is 16.7 Å². The minimum Gasteiger partial charge on any atom is -0.456 e. The molecule has 3 rings (SSSR count). The molecule has 1 aromatic heterocycles. The molecule has 0 unspecified atom stereocenters. The molecule has 0 aliphatic heterocycles. The molecule has 0 aliphatic rings. The summed E-state index contributed by atoms with van der Waals surface area (Å²) in [5.41, 5.74) is 3.24. The largest absolute Gasteiger partial charge is 0.456 e. The number of hydrogen-bond acceptors (Lipinski definition) is 5. The lowest BCUT2D eigenvalue weighted by atomic mass is 10.1. The maximum absolute atomic E-state index is 12.9. The number of benzene rings is 2. The topological polar surface area (TPSA) is 63.6 Å². The number of aryl methyl sites for hydroxylation is 1. The molecule has 6 nitrogen and oxygen atoms in total. The fourth-order valence-corrected chi connectivity index (χ4v) is 4.06. The molecule has 0 bridgehead atoms. The first-order valence-corrected chi connectivity index (χ1v) is 12.1. The third-order valence-corrected chi connectivity index (χ3v) is 5.94. The summed E-state index contributed by atoms with van der Waals surface area (Å²) in [6.45, 7) is 6.24. The summed E-state index contributed by atoms with van der Waals surface area (Å²) in [5.74, 6) is -0.367. The number of nitrogens with one attached hydrogen (secondary N) is 1. The Labute approximate surface area is 216 Å². The maximum Gasteiger partial charge on any atom is 0.338 e.